The van der Waals surface area contributed by atoms with Crippen molar-refractivity contribution in [1.82, 2.24) is 19.6 Å². The van der Waals surface area contributed by atoms with Crippen LogP contribution in [0, 0.1) is 11.8 Å². The molecule has 3 fully saturated rings. The van der Waals surface area contributed by atoms with Crippen LogP contribution >= 0.6 is 0 Å². The quantitative estimate of drug-likeness (QED) is 0.751. The van der Waals surface area contributed by atoms with E-state index in [1.807, 2.05) is 0 Å². The first-order chi connectivity index (χ1) is 12.8. The molecule has 1 aliphatic carbocycles. The van der Waals surface area contributed by atoms with Gasteiger partial charge >= 0.3 is 0 Å². The molecule has 27 heavy (non-hydrogen) atoms. The van der Waals surface area contributed by atoms with Gasteiger partial charge in [-0.25, -0.2) is 0 Å². The fourth-order valence-electron chi connectivity index (χ4n) is 4.88. The van der Waals surface area contributed by atoms with Gasteiger partial charge in [0, 0.05) is 76.9 Å². The molecule has 2 aliphatic heterocycles. The Balaban J connectivity index is 1.32. The van der Waals surface area contributed by atoms with E-state index in [-0.39, 0.29) is 0 Å². The van der Waals surface area contributed by atoms with E-state index in [1.54, 1.807) is 0 Å². The van der Waals surface area contributed by atoms with E-state index in [0.717, 1.165) is 51.5 Å². The van der Waals surface area contributed by atoms with Gasteiger partial charge in [0.2, 0.25) is 5.91 Å². The molecule has 3 rings (SSSR count). The van der Waals surface area contributed by atoms with Gasteiger partial charge in [0.1, 0.15) is 0 Å². The molecule has 0 unspecified atom stereocenters. The summed E-state index contributed by atoms with van der Waals surface area (Å²) in [5.74, 6) is 1.57. The van der Waals surface area contributed by atoms with Gasteiger partial charge in [0.05, 0.1) is 0 Å². The lowest BCUT2D eigenvalue weighted by molar-refractivity contribution is -0.138. The Morgan fingerprint density at radius 2 is 1.26 bits per heavy atom. The van der Waals surface area contributed by atoms with Crippen molar-refractivity contribution in [3.63, 3.8) is 0 Å². The van der Waals surface area contributed by atoms with Gasteiger partial charge in [-0.3, -0.25) is 19.5 Å². The number of rotatable bonds is 4. The number of hydrogen-bond acceptors (Lipinski definition) is 4. The zero-order valence-corrected chi connectivity index (χ0v) is 18.3. The van der Waals surface area contributed by atoms with Crippen LogP contribution in [0.1, 0.15) is 53.4 Å². The maximum Gasteiger partial charge on any atom is 0.225 e. The molecule has 0 aromatic carbocycles. The minimum absolute atomic E-state index is 0.297. The molecule has 0 aromatic heterocycles. The number of carbonyl (C=O) groups is 1. The standard InChI is InChI=1S/C22H42N4O/c1-19-5-7-20(8-6-19)21(27)25-15-11-23(12-16-25)9-10-24-13-17-26(18-14-24)22(2,3)4/h19-20H,5-18H2,1-4H3. The van der Waals surface area contributed by atoms with Gasteiger partial charge in [-0.05, 0) is 52.4 Å². The highest BCUT2D eigenvalue weighted by molar-refractivity contribution is 5.79. The molecule has 1 amide bonds. The molecule has 0 N–H and O–H groups in total. The summed E-state index contributed by atoms with van der Waals surface area (Å²) in [6.07, 6.45) is 4.69. The summed E-state index contributed by atoms with van der Waals surface area (Å²) in [6, 6.07) is 0. The number of nitrogens with zero attached hydrogens (tertiary/aromatic N) is 4. The van der Waals surface area contributed by atoms with Gasteiger partial charge in [-0.15, -0.1) is 0 Å². The zero-order valence-electron chi connectivity index (χ0n) is 18.3. The van der Waals surface area contributed by atoms with Crippen LogP contribution in [-0.2, 0) is 4.79 Å². The lowest BCUT2D eigenvalue weighted by atomic mass is 9.82. The number of hydrogen-bond donors (Lipinski definition) is 0. The predicted octanol–water partition coefficient (Wildman–Crippen LogP) is 2.37. The van der Waals surface area contributed by atoms with Crippen molar-refractivity contribution in [2.45, 2.75) is 58.9 Å². The fourth-order valence-corrected chi connectivity index (χ4v) is 4.88. The topological polar surface area (TPSA) is 30.0 Å². The summed E-state index contributed by atoms with van der Waals surface area (Å²) in [4.78, 5) is 22.7. The molecule has 0 bridgehead atoms. The summed E-state index contributed by atoms with van der Waals surface area (Å²) in [6.45, 7) is 20.3. The molecule has 0 spiro atoms. The minimum atomic E-state index is 0.297. The highest BCUT2D eigenvalue weighted by atomic mass is 16.2. The molecular weight excluding hydrogens is 336 g/mol. The highest BCUT2D eigenvalue weighted by Gasteiger charge is 2.30. The lowest BCUT2D eigenvalue weighted by Gasteiger charge is -2.43. The van der Waals surface area contributed by atoms with Crippen LogP contribution < -0.4 is 0 Å². The largest absolute Gasteiger partial charge is 0.340 e. The van der Waals surface area contributed by atoms with Crippen LogP contribution in [0.4, 0.5) is 0 Å². The minimum Gasteiger partial charge on any atom is -0.340 e. The van der Waals surface area contributed by atoms with Crippen LogP contribution in [0.2, 0.25) is 0 Å². The molecule has 0 radical (unpaired) electrons. The van der Waals surface area contributed by atoms with Crippen molar-refractivity contribution < 1.29 is 4.79 Å². The third-order valence-corrected chi connectivity index (χ3v) is 7.10. The van der Waals surface area contributed by atoms with Crippen LogP contribution in [0.3, 0.4) is 0 Å². The first-order valence-electron chi connectivity index (χ1n) is 11.3. The lowest BCUT2D eigenvalue weighted by Crippen LogP contribution is -2.55. The summed E-state index contributed by atoms with van der Waals surface area (Å²) in [5.41, 5.74) is 0.297. The van der Waals surface area contributed by atoms with E-state index in [1.165, 1.54) is 45.6 Å². The van der Waals surface area contributed by atoms with Gasteiger partial charge in [-0.2, -0.15) is 0 Å². The van der Waals surface area contributed by atoms with E-state index in [2.05, 4.69) is 47.3 Å². The molecule has 1 saturated carbocycles. The third-order valence-electron chi connectivity index (χ3n) is 7.10. The Labute approximate surface area is 167 Å². The molecule has 156 valence electrons. The second-order valence-electron chi connectivity index (χ2n) is 10.1. The molecule has 5 heteroatoms. The van der Waals surface area contributed by atoms with E-state index in [0.29, 0.717) is 17.4 Å². The highest BCUT2D eigenvalue weighted by Crippen LogP contribution is 2.29. The van der Waals surface area contributed by atoms with Crippen molar-refractivity contribution in [2.24, 2.45) is 11.8 Å². The Bertz CT molecular complexity index is 465. The Morgan fingerprint density at radius 1 is 0.778 bits per heavy atom. The van der Waals surface area contributed by atoms with Crippen LogP contribution in [-0.4, -0.2) is 96.5 Å². The second kappa shape index (κ2) is 9.23. The van der Waals surface area contributed by atoms with Gasteiger partial charge < -0.3 is 4.90 Å². The summed E-state index contributed by atoms with van der Waals surface area (Å²) < 4.78 is 0. The molecule has 3 aliphatic rings. The van der Waals surface area contributed by atoms with Crippen LogP contribution in [0.25, 0.3) is 0 Å². The van der Waals surface area contributed by atoms with Gasteiger partial charge in [0.25, 0.3) is 0 Å². The van der Waals surface area contributed by atoms with Crippen LogP contribution in [0.5, 0.6) is 0 Å². The van der Waals surface area contributed by atoms with E-state index >= 15 is 0 Å². The maximum atomic E-state index is 12.8. The van der Waals surface area contributed by atoms with Crippen molar-refractivity contribution in [2.75, 3.05) is 65.4 Å². The summed E-state index contributed by atoms with van der Waals surface area (Å²) in [7, 11) is 0. The molecule has 2 heterocycles. The fraction of sp³-hybridized carbons (Fsp3) is 0.955. The van der Waals surface area contributed by atoms with E-state index in [9.17, 15) is 4.79 Å². The first-order valence-corrected chi connectivity index (χ1v) is 11.3. The average Bonchev–Trinajstić information content (AvgIpc) is 2.66. The number of piperazine rings is 2. The summed E-state index contributed by atoms with van der Waals surface area (Å²) >= 11 is 0. The monoisotopic (exact) mass is 378 g/mol. The van der Waals surface area contributed by atoms with Crippen molar-refractivity contribution >= 4 is 5.91 Å². The average molecular weight is 379 g/mol. The van der Waals surface area contributed by atoms with Crippen molar-refractivity contribution in [3.05, 3.63) is 0 Å². The molecule has 0 aromatic rings. The third kappa shape index (κ3) is 5.91. The smallest absolute Gasteiger partial charge is 0.225 e. The molecule has 0 atom stereocenters. The Kier molecular flexibility index (Phi) is 7.20. The second-order valence-corrected chi connectivity index (χ2v) is 10.1. The van der Waals surface area contributed by atoms with Crippen molar-refractivity contribution in [1.29, 1.82) is 0 Å². The molecular formula is C22H42N4O. The normalized spacial score (nSPS) is 29.9. The van der Waals surface area contributed by atoms with Crippen LogP contribution in [0.15, 0.2) is 0 Å². The van der Waals surface area contributed by atoms with E-state index in [4.69, 9.17) is 0 Å². The molecule has 5 nitrogen and oxygen atoms in total. The van der Waals surface area contributed by atoms with E-state index < -0.39 is 0 Å². The molecule has 2 saturated heterocycles. The SMILES string of the molecule is CC1CCC(C(=O)N2CCN(CCN3CCN(C(C)(C)C)CC3)CC2)CC1. The van der Waals surface area contributed by atoms with Gasteiger partial charge in [-0.1, -0.05) is 6.92 Å². The Hall–Kier alpha value is -0.650. The van der Waals surface area contributed by atoms with Crippen molar-refractivity contribution in [3.8, 4) is 0 Å². The summed E-state index contributed by atoms with van der Waals surface area (Å²) in [5, 5.41) is 0. The Morgan fingerprint density at radius 3 is 1.74 bits per heavy atom. The predicted molar refractivity (Wildman–Crippen MR) is 112 cm³/mol. The number of carbonyl (C=O) groups excluding carboxylic acids is 1. The maximum absolute atomic E-state index is 12.8. The van der Waals surface area contributed by atoms with Gasteiger partial charge in [0.15, 0.2) is 0 Å². The zero-order chi connectivity index (χ0) is 19.4. The number of amides is 1. The first kappa shape index (κ1) is 21.1.